The lowest BCUT2D eigenvalue weighted by molar-refractivity contribution is 0.600. The van der Waals surface area contributed by atoms with E-state index in [-0.39, 0.29) is 14.8 Å². The SMILES string of the molecule is Cc1ccccc1NS(=O)(=O)c1ccc(NS(=O)(=O)c2ccc(Cl)s2)cc1. The first-order valence-electron chi connectivity index (χ1n) is 7.64. The molecular weight excluding hydrogens is 428 g/mol. The summed E-state index contributed by atoms with van der Waals surface area (Å²) >= 11 is 6.70. The van der Waals surface area contributed by atoms with Gasteiger partial charge in [0.1, 0.15) is 4.21 Å². The number of sulfonamides is 2. The highest BCUT2D eigenvalue weighted by Gasteiger charge is 2.18. The Labute approximate surface area is 166 Å². The smallest absolute Gasteiger partial charge is 0.271 e. The monoisotopic (exact) mass is 442 g/mol. The van der Waals surface area contributed by atoms with Gasteiger partial charge in [0.15, 0.2) is 0 Å². The van der Waals surface area contributed by atoms with E-state index >= 15 is 0 Å². The molecule has 2 aromatic carbocycles. The molecule has 0 aliphatic heterocycles. The molecule has 0 atom stereocenters. The van der Waals surface area contributed by atoms with Gasteiger partial charge in [-0.3, -0.25) is 9.44 Å². The van der Waals surface area contributed by atoms with E-state index in [9.17, 15) is 16.8 Å². The number of anilines is 2. The molecule has 142 valence electrons. The van der Waals surface area contributed by atoms with Crippen LogP contribution in [0.1, 0.15) is 5.56 Å². The van der Waals surface area contributed by atoms with E-state index in [1.54, 1.807) is 25.1 Å². The van der Waals surface area contributed by atoms with Gasteiger partial charge in [0.05, 0.1) is 14.9 Å². The second-order valence-electron chi connectivity index (χ2n) is 5.61. The van der Waals surface area contributed by atoms with Crippen molar-refractivity contribution in [3.63, 3.8) is 0 Å². The summed E-state index contributed by atoms with van der Waals surface area (Å²) in [6.07, 6.45) is 0. The summed E-state index contributed by atoms with van der Waals surface area (Å²) in [6.45, 7) is 1.80. The van der Waals surface area contributed by atoms with Gasteiger partial charge >= 0.3 is 0 Å². The Kier molecular flexibility index (Phi) is 5.48. The van der Waals surface area contributed by atoms with Crippen LogP contribution in [0.15, 0.2) is 69.8 Å². The third-order valence-corrected chi connectivity index (χ3v) is 8.11. The molecule has 0 aliphatic carbocycles. The first-order chi connectivity index (χ1) is 12.7. The molecule has 1 aromatic heterocycles. The fourth-order valence-corrected chi connectivity index (χ4v) is 5.91. The second-order valence-corrected chi connectivity index (χ2v) is 10.9. The Bertz CT molecular complexity index is 1170. The molecule has 6 nitrogen and oxygen atoms in total. The van der Waals surface area contributed by atoms with Gasteiger partial charge in [0, 0.05) is 5.69 Å². The fourth-order valence-electron chi connectivity index (χ4n) is 2.24. The van der Waals surface area contributed by atoms with Crippen LogP contribution in [-0.4, -0.2) is 16.8 Å². The molecule has 3 aromatic rings. The Balaban J connectivity index is 1.80. The van der Waals surface area contributed by atoms with Crippen LogP contribution in [0.4, 0.5) is 11.4 Å². The van der Waals surface area contributed by atoms with Crippen molar-refractivity contribution < 1.29 is 16.8 Å². The van der Waals surface area contributed by atoms with Gasteiger partial charge in [-0.05, 0) is 55.0 Å². The Morgan fingerprint density at radius 3 is 2.07 bits per heavy atom. The summed E-state index contributed by atoms with van der Waals surface area (Å²) in [5.74, 6) is 0. The van der Waals surface area contributed by atoms with Crippen molar-refractivity contribution in [2.24, 2.45) is 0 Å². The average molecular weight is 443 g/mol. The minimum absolute atomic E-state index is 0.0212. The number of hydrogen-bond acceptors (Lipinski definition) is 5. The van der Waals surface area contributed by atoms with Crippen molar-refractivity contribution in [3.8, 4) is 0 Å². The highest BCUT2D eigenvalue weighted by molar-refractivity contribution is 7.94. The van der Waals surface area contributed by atoms with Gasteiger partial charge in [0.2, 0.25) is 0 Å². The Hall–Kier alpha value is -2.07. The molecule has 0 radical (unpaired) electrons. The lowest BCUT2D eigenvalue weighted by atomic mass is 10.2. The number of thiophene rings is 1. The van der Waals surface area contributed by atoms with Crippen molar-refractivity contribution in [1.82, 2.24) is 0 Å². The van der Waals surface area contributed by atoms with Gasteiger partial charge in [0.25, 0.3) is 20.0 Å². The number of nitrogens with one attached hydrogen (secondary N) is 2. The Morgan fingerprint density at radius 2 is 1.48 bits per heavy atom. The predicted molar refractivity (Wildman–Crippen MR) is 109 cm³/mol. The van der Waals surface area contributed by atoms with Gasteiger partial charge < -0.3 is 0 Å². The zero-order valence-electron chi connectivity index (χ0n) is 14.0. The van der Waals surface area contributed by atoms with Crippen LogP contribution in [0.5, 0.6) is 0 Å². The van der Waals surface area contributed by atoms with Gasteiger partial charge in [-0.15, -0.1) is 11.3 Å². The lowest BCUT2D eigenvalue weighted by Gasteiger charge is -2.11. The highest BCUT2D eigenvalue weighted by Crippen LogP contribution is 2.27. The molecule has 10 heteroatoms. The summed E-state index contributed by atoms with van der Waals surface area (Å²) in [4.78, 5) is 0.0212. The van der Waals surface area contributed by atoms with Crippen molar-refractivity contribution in [2.45, 2.75) is 16.0 Å². The molecule has 3 rings (SSSR count). The van der Waals surface area contributed by atoms with Gasteiger partial charge in [-0.2, -0.15) is 0 Å². The van der Waals surface area contributed by atoms with Crippen LogP contribution in [0.2, 0.25) is 4.34 Å². The van der Waals surface area contributed by atoms with E-state index < -0.39 is 20.0 Å². The van der Waals surface area contributed by atoms with E-state index in [4.69, 9.17) is 11.6 Å². The molecule has 0 saturated carbocycles. The maximum atomic E-state index is 12.5. The lowest BCUT2D eigenvalue weighted by Crippen LogP contribution is -2.14. The summed E-state index contributed by atoms with van der Waals surface area (Å²) in [6, 6.07) is 15.4. The predicted octanol–water partition coefficient (Wildman–Crippen LogP) is 4.31. The third-order valence-electron chi connectivity index (χ3n) is 3.62. The number of benzene rings is 2. The quantitative estimate of drug-likeness (QED) is 0.594. The Morgan fingerprint density at radius 1 is 0.815 bits per heavy atom. The van der Waals surface area contributed by atoms with Gasteiger partial charge in [-0.25, -0.2) is 16.8 Å². The van der Waals surface area contributed by atoms with Crippen LogP contribution >= 0.6 is 22.9 Å². The summed E-state index contributed by atoms with van der Waals surface area (Å²) in [5, 5.41) is 0. The molecule has 0 unspecified atom stereocenters. The van der Waals surface area contributed by atoms with E-state index in [2.05, 4.69) is 9.44 Å². The van der Waals surface area contributed by atoms with E-state index in [1.165, 1.54) is 36.4 Å². The molecule has 2 N–H and O–H groups in total. The minimum Gasteiger partial charge on any atom is -0.279 e. The molecule has 0 spiro atoms. The maximum Gasteiger partial charge on any atom is 0.271 e. The largest absolute Gasteiger partial charge is 0.279 e. The number of aryl methyl sites for hydroxylation is 1. The van der Waals surface area contributed by atoms with E-state index in [0.29, 0.717) is 10.0 Å². The summed E-state index contributed by atoms with van der Waals surface area (Å²) in [5.41, 5.74) is 1.52. The number of hydrogen-bond donors (Lipinski definition) is 2. The van der Waals surface area contributed by atoms with Gasteiger partial charge in [-0.1, -0.05) is 29.8 Å². The standard InChI is InChI=1S/C17H15ClN2O4S3/c1-12-4-2-3-5-15(12)20-26(21,22)14-8-6-13(7-9-14)19-27(23,24)17-11-10-16(18)25-17/h2-11,19-20H,1H3. The molecule has 27 heavy (non-hydrogen) atoms. The molecule has 0 fully saturated rings. The van der Waals surface area contributed by atoms with E-state index in [0.717, 1.165) is 16.9 Å². The summed E-state index contributed by atoms with van der Waals surface area (Å²) < 4.78 is 54.9. The van der Waals surface area contributed by atoms with Crippen LogP contribution in [0, 0.1) is 6.92 Å². The van der Waals surface area contributed by atoms with Crippen molar-refractivity contribution in [2.75, 3.05) is 9.44 Å². The third kappa shape index (κ3) is 4.62. The molecule has 0 amide bonds. The minimum atomic E-state index is -3.79. The molecule has 0 bridgehead atoms. The number of para-hydroxylation sites is 1. The maximum absolute atomic E-state index is 12.5. The number of halogens is 1. The second kappa shape index (κ2) is 7.51. The molecule has 0 aliphatic rings. The average Bonchev–Trinajstić information content (AvgIpc) is 3.04. The van der Waals surface area contributed by atoms with Crippen LogP contribution < -0.4 is 9.44 Å². The molecule has 1 heterocycles. The van der Waals surface area contributed by atoms with E-state index in [1.807, 2.05) is 6.07 Å². The van der Waals surface area contributed by atoms with Crippen molar-refractivity contribution in [3.05, 3.63) is 70.6 Å². The molecular formula is C17H15ClN2O4S3. The molecule has 0 saturated heterocycles. The fraction of sp³-hybridized carbons (Fsp3) is 0.0588. The summed E-state index contributed by atoms with van der Waals surface area (Å²) in [7, 11) is -7.56. The topological polar surface area (TPSA) is 92.3 Å². The van der Waals surface area contributed by atoms with Crippen molar-refractivity contribution >= 4 is 54.4 Å². The van der Waals surface area contributed by atoms with Crippen molar-refractivity contribution in [1.29, 1.82) is 0 Å². The highest BCUT2D eigenvalue weighted by atomic mass is 35.5. The first-order valence-corrected chi connectivity index (χ1v) is 11.8. The van der Waals surface area contributed by atoms with Crippen LogP contribution in [0.25, 0.3) is 0 Å². The normalized spacial score (nSPS) is 11.9. The zero-order valence-corrected chi connectivity index (χ0v) is 17.2. The van der Waals surface area contributed by atoms with Crippen LogP contribution in [-0.2, 0) is 20.0 Å². The first kappa shape index (κ1) is 19.7. The van der Waals surface area contributed by atoms with Crippen LogP contribution in [0.3, 0.4) is 0 Å². The number of rotatable bonds is 6. The zero-order chi connectivity index (χ0) is 19.7.